The highest BCUT2D eigenvalue weighted by Crippen LogP contribution is 2.31. The fourth-order valence-electron chi connectivity index (χ4n) is 1.54. The molecule has 1 fully saturated rings. The minimum atomic E-state index is -0.0636. The van der Waals surface area contributed by atoms with Crippen LogP contribution in [-0.4, -0.2) is 23.9 Å². The number of hydrogen-bond acceptors (Lipinski definition) is 2. The molecular weight excluding hydrogens is 247 g/mol. The van der Waals surface area contributed by atoms with Crippen LogP contribution in [0.2, 0.25) is 10.0 Å². The van der Waals surface area contributed by atoms with Crippen molar-refractivity contribution in [1.82, 2.24) is 4.90 Å². The van der Waals surface area contributed by atoms with Gasteiger partial charge in [0.25, 0.3) is 5.91 Å². The smallest absolute Gasteiger partial charge is 0.253 e. The molecule has 1 aromatic rings. The molecule has 5 heteroatoms. The number of anilines is 1. The van der Waals surface area contributed by atoms with Gasteiger partial charge in [-0.05, 0) is 25.0 Å². The number of carbonyl (C=O) groups is 1. The predicted octanol–water partition coefficient (Wildman–Crippen LogP) is 2.81. The first-order valence-corrected chi connectivity index (χ1v) is 5.78. The molecule has 0 saturated heterocycles. The average molecular weight is 259 g/mol. The number of benzene rings is 1. The molecule has 0 spiro atoms. The molecule has 3 nitrogen and oxygen atoms in total. The summed E-state index contributed by atoms with van der Waals surface area (Å²) in [5.74, 6) is -0.0636. The van der Waals surface area contributed by atoms with Gasteiger partial charge in [-0.3, -0.25) is 4.79 Å². The Labute approximate surface area is 104 Å². The first kappa shape index (κ1) is 11.6. The lowest BCUT2D eigenvalue weighted by Crippen LogP contribution is -2.28. The zero-order valence-electron chi connectivity index (χ0n) is 8.84. The van der Waals surface area contributed by atoms with Crippen molar-refractivity contribution < 1.29 is 4.79 Å². The Morgan fingerprint density at radius 1 is 1.38 bits per heavy atom. The number of amides is 1. The first-order chi connectivity index (χ1) is 7.50. The van der Waals surface area contributed by atoms with Gasteiger partial charge in [-0.15, -0.1) is 0 Å². The van der Waals surface area contributed by atoms with Crippen molar-refractivity contribution in [2.75, 3.05) is 12.8 Å². The van der Waals surface area contributed by atoms with Crippen molar-refractivity contribution in [2.24, 2.45) is 0 Å². The number of nitrogen functional groups attached to an aromatic ring is 1. The van der Waals surface area contributed by atoms with E-state index in [0.29, 0.717) is 27.3 Å². The summed E-state index contributed by atoms with van der Waals surface area (Å²) < 4.78 is 0. The summed E-state index contributed by atoms with van der Waals surface area (Å²) in [5.41, 5.74) is 6.41. The van der Waals surface area contributed by atoms with E-state index in [1.807, 2.05) is 0 Å². The number of rotatable bonds is 2. The fraction of sp³-hybridized carbons (Fsp3) is 0.364. The Balaban J connectivity index is 2.29. The van der Waals surface area contributed by atoms with E-state index in [-0.39, 0.29) is 5.91 Å². The van der Waals surface area contributed by atoms with Crippen LogP contribution in [0.1, 0.15) is 23.2 Å². The van der Waals surface area contributed by atoms with Crippen LogP contribution in [0.5, 0.6) is 0 Å². The molecule has 1 aromatic carbocycles. The maximum atomic E-state index is 12.0. The number of hydrogen-bond donors (Lipinski definition) is 1. The van der Waals surface area contributed by atoms with Crippen LogP contribution in [0.15, 0.2) is 12.1 Å². The van der Waals surface area contributed by atoms with E-state index >= 15 is 0 Å². The minimum absolute atomic E-state index is 0.0636. The Kier molecular flexibility index (Phi) is 3.00. The zero-order valence-corrected chi connectivity index (χ0v) is 10.3. The zero-order chi connectivity index (χ0) is 11.9. The van der Waals surface area contributed by atoms with Crippen LogP contribution in [0.25, 0.3) is 0 Å². The standard InChI is InChI=1S/C11H12Cl2N2O/c1-15(7-2-3-7)11(16)6-4-8(12)10(14)9(13)5-6/h4-5,7H,2-3,14H2,1H3. The summed E-state index contributed by atoms with van der Waals surface area (Å²) in [6, 6.07) is 3.48. The lowest BCUT2D eigenvalue weighted by Gasteiger charge is -2.16. The number of nitrogens with zero attached hydrogens (tertiary/aromatic N) is 1. The van der Waals surface area contributed by atoms with Gasteiger partial charge in [0.05, 0.1) is 15.7 Å². The van der Waals surface area contributed by atoms with Gasteiger partial charge in [0, 0.05) is 18.7 Å². The van der Waals surface area contributed by atoms with Crippen LogP contribution in [0, 0.1) is 0 Å². The van der Waals surface area contributed by atoms with Crippen molar-refractivity contribution in [3.63, 3.8) is 0 Å². The van der Waals surface area contributed by atoms with E-state index in [2.05, 4.69) is 0 Å². The molecule has 1 amide bonds. The molecule has 86 valence electrons. The average Bonchev–Trinajstić information content (AvgIpc) is 3.06. The Morgan fingerprint density at radius 3 is 2.31 bits per heavy atom. The molecule has 0 radical (unpaired) electrons. The summed E-state index contributed by atoms with van der Waals surface area (Å²) >= 11 is 11.8. The van der Waals surface area contributed by atoms with Crippen molar-refractivity contribution in [3.8, 4) is 0 Å². The second kappa shape index (κ2) is 4.15. The Hall–Kier alpha value is -0.930. The molecule has 0 atom stereocenters. The Morgan fingerprint density at radius 2 is 1.88 bits per heavy atom. The summed E-state index contributed by atoms with van der Waals surface area (Å²) in [7, 11) is 1.79. The van der Waals surface area contributed by atoms with Crippen molar-refractivity contribution in [2.45, 2.75) is 18.9 Å². The van der Waals surface area contributed by atoms with Gasteiger partial charge in [-0.1, -0.05) is 23.2 Å². The molecule has 0 aromatic heterocycles. The molecule has 16 heavy (non-hydrogen) atoms. The molecule has 2 rings (SSSR count). The maximum absolute atomic E-state index is 12.0. The number of nitrogens with two attached hydrogens (primary N) is 1. The molecular formula is C11H12Cl2N2O. The third kappa shape index (κ3) is 2.11. The van der Waals surface area contributed by atoms with Crippen LogP contribution in [0.3, 0.4) is 0 Å². The molecule has 2 N–H and O–H groups in total. The third-order valence-electron chi connectivity index (χ3n) is 2.74. The van der Waals surface area contributed by atoms with E-state index in [0.717, 1.165) is 12.8 Å². The predicted molar refractivity (Wildman–Crippen MR) is 66.0 cm³/mol. The lowest BCUT2D eigenvalue weighted by molar-refractivity contribution is 0.0785. The van der Waals surface area contributed by atoms with Gasteiger partial charge in [-0.2, -0.15) is 0 Å². The van der Waals surface area contributed by atoms with Gasteiger partial charge in [-0.25, -0.2) is 0 Å². The van der Waals surface area contributed by atoms with Crippen LogP contribution in [-0.2, 0) is 0 Å². The maximum Gasteiger partial charge on any atom is 0.253 e. The van der Waals surface area contributed by atoms with Gasteiger partial charge < -0.3 is 10.6 Å². The number of carbonyl (C=O) groups excluding carboxylic acids is 1. The van der Waals surface area contributed by atoms with E-state index < -0.39 is 0 Å². The van der Waals surface area contributed by atoms with Crippen molar-refractivity contribution in [3.05, 3.63) is 27.7 Å². The third-order valence-corrected chi connectivity index (χ3v) is 3.37. The van der Waals surface area contributed by atoms with E-state index in [1.165, 1.54) is 0 Å². The van der Waals surface area contributed by atoms with Gasteiger partial charge in [0.2, 0.25) is 0 Å². The van der Waals surface area contributed by atoms with E-state index in [1.54, 1.807) is 24.1 Å². The molecule has 0 heterocycles. The quantitative estimate of drug-likeness (QED) is 0.830. The summed E-state index contributed by atoms with van der Waals surface area (Å²) in [6.07, 6.45) is 2.14. The van der Waals surface area contributed by atoms with Crippen LogP contribution >= 0.6 is 23.2 Å². The van der Waals surface area contributed by atoms with Gasteiger partial charge in [0.1, 0.15) is 0 Å². The van der Waals surface area contributed by atoms with Crippen LogP contribution in [0.4, 0.5) is 5.69 Å². The molecule has 1 aliphatic carbocycles. The monoisotopic (exact) mass is 258 g/mol. The molecule has 1 aliphatic rings. The van der Waals surface area contributed by atoms with Crippen molar-refractivity contribution >= 4 is 34.8 Å². The topological polar surface area (TPSA) is 46.3 Å². The normalized spacial score (nSPS) is 14.9. The van der Waals surface area contributed by atoms with E-state index in [4.69, 9.17) is 28.9 Å². The molecule has 0 aliphatic heterocycles. The lowest BCUT2D eigenvalue weighted by atomic mass is 10.2. The highest BCUT2D eigenvalue weighted by Gasteiger charge is 2.30. The second-order valence-corrected chi connectivity index (χ2v) is 4.82. The van der Waals surface area contributed by atoms with Gasteiger partial charge in [0.15, 0.2) is 0 Å². The molecule has 0 bridgehead atoms. The summed E-state index contributed by atoms with van der Waals surface area (Å²) in [5, 5.41) is 0.639. The SMILES string of the molecule is CN(C(=O)c1cc(Cl)c(N)c(Cl)c1)C1CC1. The number of halogens is 2. The summed E-state index contributed by atoms with van der Waals surface area (Å²) in [4.78, 5) is 13.7. The molecule has 0 unspecified atom stereocenters. The second-order valence-electron chi connectivity index (χ2n) is 4.00. The molecule has 1 saturated carbocycles. The first-order valence-electron chi connectivity index (χ1n) is 5.02. The van der Waals surface area contributed by atoms with Gasteiger partial charge >= 0.3 is 0 Å². The highest BCUT2D eigenvalue weighted by atomic mass is 35.5. The largest absolute Gasteiger partial charge is 0.396 e. The highest BCUT2D eigenvalue weighted by molar-refractivity contribution is 6.39. The van der Waals surface area contributed by atoms with Crippen molar-refractivity contribution in [1.29, 1.82) is 0 Å². The minimum Gasteiger partial charge on any atom is -0.396 e. The fourth-order valence-corrected chi connectivity index (χ4v) is 2.03. The summed E-state index contributed by atoms with van der Waals surface area (Å²) in [6.45, 7) is 0. The van der Waals surface area contributed by atoms with E-state index in [9.17, 15) is 4.79 Å². The van der Waals surface area contributed by atoms with Crippen LogP contribution < -0.4 is 5.73 Å². The Bertz CT molecular complexity index is 421.